The fourth-order valence-electron chi connectivity index (χ4n) is 3.01. The number of aliphatic hydroxyl groups excluding tert-OH is 2. The molecule has 0 saturated carbocycles. The Balaban J connectivity index is 2.11. The molecule has 0 spiro atoms. The summed E-state index contributed by atoms with van der Waals surface area (Å²) in [6, 6.07) is 8.06. The molecule has 2 heterocycles. The number of aromatic amines is 1. The van der Waals surface area contributed by atoms with Crippen LogP contribution in [0.2, 0.25) is 0 Å². The van der Waals surface area contributed by atoms with Gasteiger partial charge in [0, 0.05) is 12.3 Å². The molecule has 1 fully saturated rings. The minimum Gasteiger partial charge on any atom is -0.441 e. The monoisotopic (exact) mass is 398 g/mol. The maximum Gasteiger partial charge on any atom is 0.339 e. The summed E-state index contributed by atoms with van der Waals surface area (Å²) in [5.74, 6) is -1.19. The van der Waals surface area contributed by atoms with Crippen LogP contribution in [0.25, 0.3) is 0 Å². The van der Waals surface area contributed by atoms with E-state index in [4.69, 9.17) is 9.47 Å². The lowest BCUT2D eigenvalue weighted by Crippen LogP contribution is -2.57. The van der Waals surface area contributed by atoms with Gasteiger partial charge in [-0.1, -0.05) is 18.2 Å². The molecule has 1 aliphatic rings. The molecule has 150 valence electrons. The van der Waals surface area contributed by atoms with Crippen LogP contribution in [0, 0.1) is 0 Å². The van der Waals surface area contributed by atoms with Crippen molar-refractivity contribution < 1.29 is 33.3 Å². The number of alkyl halides is 2. The van der Waals surface area contributed by atoms with E-state index in [-0.39, 0.29) is 5.56 Å². The number of carbonyl (C=O) groups is 1. The molecule has 0 radical (unpaired) electrons. The first-order valence-electron chi connectivity index (χ1n) is 8.13. The number of aromatic nitrogens is 2. The van der Waals surface area contributed by atoms with Gasteiger partial charge in [0.15, 0.2) is 6.23 Å². The quantitative estimate of drug-likeness (QED) is 0.587. The second kappa shape index (κ2) is 7.62. The number of hydrogen-bond donors (Lipinski definition) is 3. The number of hydrogen-bond acceptors (Lipinski definition) is 7. The van der Waals surface area contributed by atoms with Gasteiger partial charge >= 0.3 is 11.7 Å². The first-order chi connectivity index (χ1) is 13.3. The van der Waals surface area contributed by atoms with E-state index in [2.05, 4.69) is 0 Å². The molecule has 2 aromatic rings. The molecule has 3 rings (SSSR count). The molecule has 0 amide bonds. The van der Waals surface area contributed by atoms with Crippen molar-refractivity contribution >= 4 is 5.97 Å². The van der Waals surface area contributed by atoms with E-state index in [1.54, 1.807) is 6.07 Å². The van der Waals surface area contributed by atoms with Crippen LogP contribution < -0.4 is 11.2 Å². The Morgan fingerprint density at radius 3 is 2.54 bits per heavy atom. The fourth-order valence-corrected chi connectivity index (χ4v) is 3.01. The number of benzene rings is 1. The van der Waals surface area contributed by atoms with E-state index in [1.165, 1.54) is 24.3 Å². The minimum atomic E-state index is -3.50. The summed E-state index contributed by atoms with van der Waals surface area (Å²) >= 11 is 0. The average molecular weight is 398 g/mol. The molecule has 3 N–H and O–H groups in total. The number of halogens is 2. The molecule has 0 aliphatic carbocycles. The van der Waals surface area contributed by atoms with Crippen molar-refractivity contribution in [3.05, 3.63) is 69.0 Å². The molecule has 1 aromatic carbocycles. The summed E-state index contributed by atoms with van der Waals surface area (Å²) < 4.78 is 39.2. The molecule has 9 nitrogen and oxygen atoms in total. The third-order valence-corrected chi connectivity index (χ3v) is 4.41. The summed E-state index contributed by atoms with van der Waals surface area (Å²) in [6.07, 6.45) is -8.37. The topological polar surface area (TPSA) is 131 Å². The molecule has 0 bridgehead atoms. The number of nitrogens with zero attached hydrogens (tertiary/aromatic N) is 1. The summed E-state index contributed by atoms with van der Waals surface area (Å²) in [4.78, 5) is 37.7. The van der Waals surface area contributed by atoms with E-state index >= 15 is 0 Å². The third kappa shape index (κ3) is 3.23. The number of ether oxygens (including phenoxy) is 2. The zero-order chi connectivity index (χ0) is 20.5. The van der Waals surface area contributed by atoms with Gasteiger partial charge in [0.1, 0.15) is 12.2 Å². The van der Waals surface area contributed by atoms with Gasteiger partial charge in [-0.3, -0.25) is 14.3 Å². The van der Waals surface area contributed by atoms with E-state index in [0.717, 1.165) is 12.3 Å². The zero-order valence-electron chi connectivity index (χ0n) is 14.2. The molecule has 4 atom stereocenters. The molecular weight excluding hydrogens is 382 g/mol. The number of esters is 1. The Morgan fingerprint density at radius 2 is 1.96 bits per heavy atom. The van der Waals surface area contributed by atoms with Gasteiger partial charge in [0.05, 0.1) is 12.2 Å². The highest BCUT2D eigenvalue weighted by Gasteiger charge is 2.66. The summed E-state index contributed by atoms with van der Waals surface area (Å²) in [6.45, 7) is -0.882. The van der Waals surface area contributed by atoms with Gasteiger partial charge in [-0.25, -0.2) is 18.4 Å². The highest BCUT2D eigenvalue weighted by Crippen LogP contribution is 2.45. The molecule has 0 unspecified atom stereocenters. The predicted molar refractivity (Wildman–Crippen MR) is 88.9 cm³/mol. The first-order valence-corrected chi connectivity index (χ1v) is 8.13. The van der Waals surface area contributed by atoms with Crippen LogP contribution in [-0.2, 0) is 9.47 Å². The predicted octanol–water partition coefficient (Wildman–Crippen LogP) is -0.352. The molecule has 1 aliphatic heterocycles. The fraction of sp³-hybridized carbons (Fsp3) is 0.353. The van der Waals surface area contributed by atoms with Crippen LogP contribution in [0.4, 0.5) is 8.78 Å². The van der Waals surface area contributed by atoms with E-state index in [0.29, 0.717) is 4.57 Å². The van der Waals surface area contributed by atoms with Gasteiger partial charge in [0.25, 0.3) is 12.0 Å². The van der Waals surface area contributed by atoms with Crippen molar-refractivity contribution in [1.29, 1.82) is 0 Å². The van der Waals surface area contributed by atoms with Crippen molar-refractivity contribution in [2.75, 3.05) is 6.61 Å². The summed E-state index contributed by atoms with van der Waals surface area (Å²) in [5.41, 5.74) is -5.00. The molecule has 28 heavy (non-hydrogen) atoms. The lowest BCUT2D eigenvalue weighted by atomic mass is 9.93. The van der Waals surface area contributed by atoms with Crippen LogP contribution in [0.3, 0.4) is 0 Å². The van der Waals surface area contributed by atoms with Crippen molar-refractivity contribution in [3.63, 3.8) is 0 Å². The van der Waals surface area contributed by atoms with E-state index in [9.17, 15) is 33.4 Å². The molecular formula is C17H16F2N2O7. The molecule has 11 heteroatoms. The number of rotatable bonds is 5. The summed E-state index contributed by atoms with van der Waals surface area (Å²) in [5, 5.41) is 19.8. The van der Waals surface area contributed by atoms with Crippen LogP contribution in [0.1, 0.15) is 16.6 Å². The Labute approximate surface area is 155 Å². The van der Waals surface area contributed by atoms with Crippen molar-refractivity contribution in [2.24, 2.45) is 0 Å². The Kier molecular flexibility index (Phi) is 5.40. The number of carbonyl (C=O) groups excluding carboxylic acids is 1. The normalized spacial score (nSPS) is 27.1. The Morgan fingerprint density at radius 1 is 1.29 bits per heavy atom. The van der Waals surface area contributed by atoms with Gasteiger partial charge in [0.2, 0.25) is 5.60 Å². The van der Waals surface area contributed by atoms with Gasteiger partial charge < -0.3 is 19.7 Å². The SMILES string of the molecule is O=C(O[C@@]1(C(F)F)[C@H](O)[C@@H](CO)O[C@H]1n1ccc(=O)[nH]c1=O)c1ccccc1. The number of H-pyrrole nitrogens is 1. The van der Waals surface area contributed by atoms with Crippen molar-refractivity contribution in [3.8, 4) is 0 Å². The highest BCUT2D eigenvalue weighted by atomic mass is 19.3. The van der Waals surface area contributed by atoms with Crippen LogP contribution >= 0.6 is 0 Å². The second-order valence-corrected chi connectivity index (χ2v) is 6.08. The van der Waals surface area contributed by atoms with Gasteiger partial charge in [-0.05, 0) is 12.1 Å². The van der Waals surface area contributed by atoms with Crippen molar-refractivity contribution in [2.45, 2.75) is 30.5 Å². The zero-order valence-corrected chi connectivity index (χ0v) is 14.2. The number of aliphatic hydroxyl groups is 2. The smallest absolute Gasteiger partial charge is 0.339 e. The maximum absolute atomic E-state index is 14.2. The Hall–Kier alpha value is -2.89. The van der Waals surface area contributed by atoms with Gasteiger partial charge in [-0.2, -0.15) is 0 Å². The van der Waals surface area contributed by atoms with Gasteiger partial charge in [-0.15, -0.1) is 0 Å². The highest BCUT2D eigenvalue weighted by molar-refractivity contribution is 5.89. The van der Waals surface area contributed by atoms with Crippen LogP contribution in [0.15, 0.2) is 52.2 Å². The van der Waals surface area contributed by atoms with Crippen molar-refractivity contribution in [1.82, 2.24) is 9.55 Å². The minimum absolute atomic E-state index is 0.0743. The average Bonchev–Trinajstić information content (AvgIpc) is 2.95. The summed E-state index contributed by atoms with van der Waals surface area (Å²) in [7, 11) is 0. The lowest BCUT2D eigenvalue weighted by molar-refractivity contribution is -0.188. The van der Waals surface area contributed by atoms with E-state index < -0.39 is 54.3 Å². The van der Waals surface area contributed by atoms with E-state index in [1.807, 2.05) is 4.98 Å². The molecule has 1 saturated heterocycles. The first kappa shape index (κ1) is 19.9. The standard InChI is InChI=1S/C17H16F2N2O7/c18-14(19)17(28-13(25)9-4-2-1-3-5-9)12(24)10(8-22)27-15(17)21-7-6-11(23)20-16(21)26/h1-7,10,12,14-15,22,24H,8H2,(H,20,23,26)/t10-,12-,15-,17-/m1/s1. The number of nitrogens with one attached hydrogen (secondary N) is 1. The third-order valence-electron chi connectivity index (χ3n) is 4.41. The maximum atomic E-state index is 14.2. The largest absolute Gasteiger partial charge is 0.441 e. The second-order valence-electron chi connectivity index (χ2n) is 6.08. The molecule has 1 aromatic heterocycles. The van der Waals surface area contributed by atoms with Crippen LogP contribution in [-0.4, -0.2) is 56.6 Å². The lowest BCUT2D eigenvalue weighted by Gasteiger charge is -2.35. The Bertz CT molecular complexity index is 962. The van der Waals surface area contributed by atoms with Crippen LogP contribution in [0.5, 0.6) is 0 Å².